The van der Waals surface area contributed by atoms with Crippen LogP contribution in [-0.4, -0.2) is 42.9 Å². The Morgan fingerprint density at radius 3 is 2.78 bits per heavy atom. The summed E-state index contributed by atoms with van der Waals surface area (Å²) in [6, 6.07) is 2.02. The first-order valence-electron chi connectivity index (χ1n) is 6.14. The van der Waals surface area contributed by atoms with Crippen molar-refractivity contribution in [2.45, 2.75) is 19.3 Å². The molecule has 1 aliphatic heterocycles. The van der Waals surface area contributed by atoms with Crippen LogP contribution < -0.4 is 0 Å². The highest BCUT2D eigenvalue weighted by atomic mass is 32.1. The molecule has 5 heteroatoms. The first-order valence-corrected chi connectivity index (χ1v) is 7.08. The van der Waals surface area contributed by atoms with Crippen LogP contribution in [-0.2, 0) is 20.7 Å². The number of carbonyl (C=O) groups excluding carboxylic acids is 2. The zero-order chi connectivity index (χ0) is 12.8. The molecule has 98 valence electrons. The van der Waals surface area contributed by atoms with Gasteiger partial charge in [0, 0.05) is 19.5 Å². The number of hydrogen-bond donors (Lipinski definition) is 0. The molecule has 0 aromatic carbocycles. The van der Waals surface area contributed by atoms with Gasteiger partial charge in [-0.3, -0.25) is 9.59 Å². The molecule has 1 aliphatic rings. The molecule has 1 aromatic heterocycles. The van der Waals surface area contributed by atoms with E-state index in [4.69, 9.17) is 4.74 Å². The Hall–Kier alpha value is -1.20. The van der Waals surface area contributed by atoms with Crippen molar-refractivity contribution < 1.29 is 14.3 Å². The van der Waals surface area contributed by atoms with Gasteiger partial charge in [0.1, 0.15) is 5.78 Å². The Morgan fingerprint density at radius 1 is 1.33 bits per heavy atom. The quantitative estimate of drug-likeness (QED) is 0.760. The van der Waals surface area contributed by atoms with E-state index >= 15 is 0 Å². The van der Waals surface area contributed by atoms with Gasteiger partial charge in [-0.2, -0.15) is 11.3 Å². The molecule has 0 saturated carbocycles. The van der Waals surface area contributed by atoms with E-state index in [-0.39, 0.29) is 18.1 Å². The molecule has 2 heterocycles. The number of nitrogens with zero attached hydrogens (tertiary/aromatic N) is 1. The maximum absolute atomic E-state index is 11.8. The number of amides is 1. The minimum atomic E-state index is -0.0615. The zero-order valence-corrected chi connectivity index (χ0v) is 11.1. The average molecular weight is 267 g/mol. The SMILES string of the molecule is O=C(CCc1ccsc1)CC(=O)N1CCOCC1. The van der Waals surface area contributed by atoms with Gasteiger partial charge in [0.2, 0.25) is 5.91 Å². The molecule has 0 N–H and O–H groups in total. The molecule has 0 spiro atoms. The molecule has 1 amide bonds. The van der Waals surface area contributed by atoms with Gasteiger partial charge in [0.05, 0.1) is 19.6 Å². The second kappa shape index (κ2) is 6.66. The highest BCUT2D eigenvalue weighted by Crippen LogP contribution is 2.10. The van der Waals surface area contributed by atoms with E-state index in [1.807, 2.05) is 16.8 Å². The van der Waals surface area contributed by atoms with Crippen LogP contribution in [0.4, 0.5) is 0 Å². The molecule has 0 unspecified atom stereocenters. The van der Waals surface area contributed by atoms with Gasteiger partial charge in [-0.1, -0.05) is 0 Å². The summed E-state index contributed by atoms with van der Waals surface area (Å²) in [6.45, 7) is 2.37. The molecule has 0 atom stereocenters. The largest absolute Gasteiger partial charge is 0.378 e. The highest BCUT2D eigenvalue weighted by molar-refractivity contribution is 7.07. The smallest absolute Gasteiger partial charge is 0.230 e. The first kappa shape index (κ1) is 13.2. The molecule has 0 bridgehead atoms. The molecule has 1 saturated heterocycles. The van der Waals surface area contributed by atoms with E-state index in [2.05, 4.69) is 0 Å². The first-order chi connectivity index (χ1) is 8.75. The van der Waals surface area contributed by atoms with Crippen molar-refractivity contribution >= 4 is 23.0 Å². The third-order valence-corrected chi connectivity index (χ3v) is 3.72. The predicted octanol–water partition coefficient (Wildman–Crippen LogP) is 1.50. The van der Waals surface area contributed by atoms with Crippen LogP contribution in [0.5, 0.6) is 0 Å². The molecule has 0 aliphatic carbocycles. The van der Waals surface area contributed by atoms with E-state index in [1.165, 1.54) is 5.56 Å². The molecular formula is C13H17NO3S. The number of hydrogen-bond acceptors (Lipinski definition) is 4. The van der Waals surface area contributed by atoms with Gasteiger partial charge in [-0.05, 0) is 28.8 Å². The van der Waals surface area contributed by atoms with Crippen LogP contribution in [0, 0.1) is 0 Å². The van der Waals surface area contributed by atoms with Gasteiger partial charge >= 0.3 is 0 Å². The highest BCUT2D eigenvalue weighted by Gasteiger charge is 2.19. The number of thiophene rings is 1. The van der Waals surface area contributed by atoms with Gasteiger partial charge in [0.25, 0.3) is 0 Å². The lowest BCUT2D eigenvalue weighted by atomic mass is 10.1. The molecule has 4 nitrogen and oxygen atoms in total. The fourth-order valence-corrected chi connectivity index (χ4v) is 2.60. The second-order valence-electron chi connectivity index (χ2n) is 4.34. The fraction of sp³-hybridized carbons (Fsp3) is 0.538. The molecule has 2 rings (SSSR count). The summed E-state index contributed by atoms with van der Waals surface area (Å²) in [7, 11) is 0. The van der Waals surface area contributed by atoms with Gasteiger partial charge in [-0.25, -0.2) is 0 Å². The van der Waals surface area contributed by atoms with Gasteiger partial charge in [0.15, 0.2) is 0 Å². The normalized spacial score (nSPS) is 15.7. The number of rotatable bonds is 5. The topological polar surface area (TPSA) is 46.6 Å². The Bertz CT molecular complexity index is 396. The summed E-state index contributed by atoms with van der Waals surface area (Å²) in [5.74, 6) is -0.0358. The molecule has 1 fully saturated rings. The van der Waals surface area contributed by atoms with Crippen LogP contribution in [0.15, 0.2) is 16.8 Å². The Kier molecular flexibility index (Phi) is 4.90. The maximum Gasteiger partial charge on any atom is 0.230 e. The van der Waals surface area contributed by atoms with E-state index in [1.54, 1.807) is 16.2 Å². The van der Waals surface area contributed by atoms with Crippen LogP contribution in [0.1, 0.15) is 18.4 Å². The summed E-state index contributed by atoms with van der Waals surface area (Å²) >= 11 is 1.63. The van der Waals surface area contributed by atoms with Gasteiger partial charge in [-0.15, -0.1) is 0 Å². The average Bonchev–Trinajstić information content (AvgIpc) is 2.90. The van der Waals surface area contributed by atoms with Crippen molar-refractivity contribution in [2.24, 2.45) is 0 Å². The maximum atomic E-state index is 11.8. The minimum Gasteiger partial charge on any atom is -0.378 e. The van der Waals surface area contributed by atoms with Crippen LogP contribution in [0.2, 0.25) is 0 Å². The lowest BCUT2D eigenvalue weighted by Gasteiger charge is -2.26. The van der Waals surface area contributed by atoms with E-state index in [9.17, 15) is 9.59 Å². The number of Topliss-reactive ketones (excluding diaryl/α,β-unsaturated/α-hetero) is 1. The third kappa shape index (κ3) is 3.92. The van der Waals surface area contributed by atoms with E-state index in [0.29, 0.717) is 32.7 Å². The summed E-state index contributed by atoms with van der Waals surface area (Å²) in [5.41, 5.74) is 1.17. The summed E-state index contributed by atoms with van der Waals surface area (Å²) in [6.07, 6.45) is 1.22. The monoisotopic (exact) mass is 267 g/mol. The number of carbonyl (C=O) groups is 2. The number of ketones is 1. The Labute approximate surface area is 111 Å². The van der Waals surface area contributed by atoms with Crippen molar-refractivity contribution in [1.82, 2.24) is 4.90 Å². The lowest BCUT2D eigenvalue weighted by molar-refractivity contribution is -0.138. The third-order valence-electron chi connectivity index (χ3n) is 2.98. The molecule has 0 radical (unpaired) electrons. The number of ether oxygens (including phenoxy) is 1. The van der Waals surface area contributed by atoms with E-state index in [0.717, 1.165) is 6.42 Å². The van der Waals surface area contributed by atoms with E-state index < -0.39 is 0 Å². The lowest BCUT2D eigenvalue weighted by Crippen LogP contribution is -2.41. The standard InChI is InChI=1S/C13H17NO3S/c15-12(2-1-11-3-8-18-10-11)9-13(16)14-4-6-17-7-5-14/h3,8,10H,1-2,4-7,9H2. The van der Waals surface area contributed by atoms with Crippen molar-refractivity contribution in [2.75, 3.05) is 26.3 Å². The summed E-state index contributed by atoms with van der Waals surface area (Å²) in [5, 5.41) is 4.04. The fourth-order valence-electron chi connectivity index (χ4n) is 1.90. The summed E-state index contributed by atoms with van der Waals surface area (Å²) in [4.78, 5) is 25.3. The van der Waals surface area contributed by atoms with Gasteiger partial charge < -0.3 is 9.64 Å². The number of aryl methyl sites for hydroxylation is 1. The minimum absolute atomic E-state index is 0.0256. The van der Waals surface area contributed by atoms with Crippen LogP contribution >= 0.6 is 11.3 Å². The van der Waals surface area contributed by atoms with Crippen molar-refractivity contribution in [3.8, 4) is 0 Å². The Balaban J connectivity index is 1.71. The van der Waals surface area contributed by atoms with Crippen molar-refractivity contribution in [1.29, 1.82) is 0 Å². The van der Waals surface area contributed by atoms with Crippen LogP contribution in [0.25, 0.3) is 0 Å². The second-order valence-corrected chi connectivity index (χ2v) is 5.12. The summed E-state index contributed by atoms with van der Waals surface area (Å²) < 4.78 is 5.17. The Morgan fingerprint density at radius 2 is 2.11 bits per heavy atom. The zero-order valence-electron chi connectivity index (χ0n) is 10.3. The van der Waals surface area contributed by atoms with Crippen LogP contribution in [0.3, 0.4) is 0 Å². The molecule has 1 aromatic rings. The molecule has 18 heavy (non-hydrogen) atoms. The number of morpholine rings is 1. The van der Waals surface area contributed by atoms with Crippen molar-refractivity contribution in [3.05, 3.63) is 22.4 Å². The predicted molar refractivity (Wildman–Crippen MR) is 69.7 cm³/mol. The van der Waals surface area contributed by atoms with Crippen molar-refractivity contribution in [3.63, 3.8) is 0 Å². The molecular weight excluding hydrogens is 250 g/mol.